The summed E-state index contributed by atoms with van der Waals surface area (Å²) in [5.74, 6) is 0.507. The van der Waals surface area contributed by atoms with Crippen molar-refractivity contribution in [2.24, 2.45) is 16.3 Å². The molecule has 1 aliphatic rings. The van der Waals surface area contributed by atoms with E-state index in [1.54, 1.807) is 0 Å². The van der Waals surface area contributed by atoms with Gasteiger partial charge in [-0.15, -0.1) is 11.6 Å². The molecule has 0 N–H and O–H groups in total. The van der Waals surface area contributed by atoms with E-state index >= 15 is 0 Å². The van der Waals surface area contributed by atoms with Crippen LogP contribution in [0.2, 0.25) is 0 Å². The molecule has 1 radical (unpaired) electrons. The first-order chi connectivity index (χ1) is 6.51. The Bertz CT molecular complexity index is 247. The van der Waals surface area contributed by atoms with Gasteiger partial charge in [0.1, 0.15) is 0 Å². The van der Waals surface area contributed by atoms with Crippen LogP contribution in [0, 0.1) is 11.3 Å². The Morgan fingerprint density at radius 2 is 1.80 bits per heavy atom. The average molecular weight is 295 g/mol. The molecule has 89 valence electrons. The summed E-state index contributed by atoms with van der Waals surface area (Å²) in [5.41, 5.74) is 1.32. The van der Waals surface area contributed by atoms with Crippen molar-refractivity contribution in [2.45, 2.75) is 41.5 Å². The van der Waals surface area contributed by atoms with Gasteiger partial charge in [-0.2, -0.15) is 6.08 Å². The number of hydrogen-bond acceptors (Lipinski definition) is 1. The minimum atomic E-state index is 0. The first-order valence-corrected chi connectivity index (χ1v) is 5.37. The fourth-order valence-electron chi connectivity index (χ4n) is 1.12. The minimum Gasteiger partial charge on any atom is -0.393 e. The number of aliphatic imine (C=N–C) groups is 1. The molecule has 0 fully saturated rings. The topological polar surface area (TPSA) is 12.4 Å². The molecule has 0 amide bonds. The van der Waals surface area contributed by atoms with Crippen molar-refractivity contribution in [3.8, 4) is 0 Å². The summed E-state index contributed by atoms with van der Waals surface area (Å²) in [6.45, 7) is 12.7. The van der Waals surface area contributed by atoms with Gasteiger partial charge in [-0.05, 0) is 5.92 Å². The molecule has 0 saturated heterocycles. The zero-order valence-electron chi connectivity index (χ0n) is 10.6. The van der Waals surface area contributed by atoms with Crippen LogP contribution in [0.15, 0.2) is 28.9 Å². The van der Waals surface area contributed by atoms with Gasteiger partial charge in [-0.25, -0.2) is 0 Å². The Balaban J connectivity index is 0. The quantitative estimate of drug-likeness (QED) is 0.510. The molecular formula is C13H22NRh-. The van der Waals surface area contributed by atoms with Gasteiger partial charge in [0.25, 0.3) is 0 Å². The van der Waals surface area contributed by atoms with Crippen molar-refractivity contribution in [3.05, 3.63) is 23.9 Å². The molecule has 0 bridgehead atoms. The predicted octanol–water partition coefficient (Wildman–Crippen LogP) is 4.09. The largest absolute Gasteiger partial charge is 0.393 e. The molecule has 2 heteroatoms. The van der Waals surface area contributed by atoms with Crippen molar-refractivity contribution in [2.75, 3.05) is 0 Å². The predicted molar refractivity (Wildman–Crippen MR) is 64.6 cm³/mol. The van der Waals surface area contributed by atoms with Crippen LogP contribution in [0.3, 0.4) is 0 Å². The second-order valence-electron chi connectivity index (χ2n) is 4.13. The summed E-state index contributed by atoms with van der Waals surface area (Å²) in [5, 5.41) is 0. The zero-order valence-corrected chi connectivity index (χ0v) is 12.2. The molecule has 1 aliphatic heterocycles. The maximum Gasteiger partial charge on any atom is 0 e. The van der Waals surface area contributed by atoms with Crippen LogP contribution in [0.4, 0.5) is 0 Å². The van der Waals surface area contributed by atoms with Crippen LogP contribution >= 0.6 is 0 Å². The van der Waals surface area contributed by atoms with Gasteiger partial charge < -0.3 is 4.99 Å². The number of nitrogens with zero attached hydrogens (tertiary/aromatic N) is 1. The van der Waals surface area contributed by atoms with E-state index in [2.05, 4.69) is 51.1 Å². The van der Waals surface area contributed by atoms with E-state index in [-0.39, 0.29) is 24.9 Å². The van der Waals surface area contributed by atoms with E-state index in [4.69, 9.17) is 0 Å². The molecule has 1 heterocycles. The van der Waals surface area contributed by atoms with Crippen molar-refractivity contribution in [1.29, 1.82) is 0 Å². The molecule has 0 spiro atoms. The second-order valence-corrected chi connectivity index (χ2v) is 4.13. The van der Waals surface area contributed by atoms with E-state index in [0.29, 0.717) is 5.92 Å². The summed E-state index contributed by atoms with van der Waals surface area (Å²) < 4.78 is 0. The average Bonchev–Trinajstić information content (AvgIpc) is 2.30. The van der Waals surface area contributed by atoms with E-state index in [0.717, 1.165) is 0 Å². The first-order valence-electron chi connectivity index (χ1n) is 5.37. The number of rotatable bonds is 1. The summed E-state index contributed by atoms with van der Waals surface area (Å²) >= 11 is 0. The standard InChI is InChI=1S/C11H16N.C2H6.Rh/c1-9(2)10-7-11(3,4)5-6-12-8-10;1-2;/h5-7,9H,1-4H3;1-2H3;/q-1;;. The minimum absolute atomic E-state index is 0. The summed E-state index contributed by atoms with van der Waals surface area (Å²) in [4.78, 5) is 4.07. The Hall–Kier alpha value is -0.227. The monoisotopic (exact) mass is 295 g/mol. The Kier molecular flexibility index (Phi) is 9.15. The van der Waals surface area contributed by atoms with E-state index in [9.17, 15) is 0 Å². The third-order valence-electron chi connectivity index (χ3n) is 1.92. The molecule has 0 aromatic carbocycles. The van der Waals surface area contributed by atoms with Crippen molar-refractivity contribution in [1.82, 2.24) is 0 Å². The summed E-state index contributed by atoms with van der Waals surface area (Å²) in [6, 6.07) is 0. The maximum absolute atomic E-state index is 4.07. The van der Waals surface area contributed by atoms with Gasteiger partial charge in [-0.1, -0.05) is 59.4 Å². The third kappa shape index (κ3) is 6.79. The third-order valence-corrected chi connectivity index (χ3v) is 1.92. The Labute approximate surface area is 108 Å². The van der Waals surface area contributed by atoms with Crippen LogP contribution in [0.25, 0.3) is 0 Å². The normalized spacial score (nSPS) is 17.1. The number of allylic oxidation sites excluding steroid dienone is 3. The fraction of sp³-hybridized carbons (Fsp3) is 0.615. The van der Waals surface area contributed by atoms with Gasteiger partial charge in [0.2, 0.25) is 0 Å². The van der Waals surface area contributed by atoms with Gasteiger partial charge >= 0.3 is 0 Å². The molecule has 1 rings (SSSR count). The van der Waals surface area contributed by atoms with Crippen molar-refractivity contribution < 1.29 is 19.5 Å². The van der Waals surface area contributed by atoms with Crippen LogP contribution in [-0.2, 0) is 19.5 Å². The van der Waals surface area contributed by atoms with Crippen LogP contribution in [-0.4, -0.2) is 6.21 Å². The van der Waals surface area contributed by atoms with Crippen molar-refractivity contribution >= 4 is 6.21 Å². The number of hydrogen-bond donors (Lipinski definition) is 0. The maximum atomic E-state index is 4.07. The summed E-state index contributed by atoms with van der Waals surface area (Å²) in [7, 11) is 0. The second kappa shape index (κ2) is 7.99. The Morgan fingerprint density at radius 1 is 1.27 bits per heavy atom. The molecule has 0 aromatic rings. The van der Waals surface area contributed by atoms with E-state index < -0.39 is 0 Å². The molecule has 0 unspecified atom stereocenters. The smallest absolute Gasteiger partial charge is 0 e. The van der Waals surface area contributed by atoms with Crippen LogP contribution in [0.5, 0.6) is 0 Å². The molecule has 15 heavy (non-hydrogen) atoms. The fourth-order valence-corrected chi connectivity index (χ4v) is 1.12. The SMILES string of the molecule is CC.CC(C)C1=CC(C)(C)C=CN=[C-]1.[Rh]. The van der Waals surface area contributed by atoms with Crippen molar-refractivity contribution in [3.63, 3.8) is 0 Å². The first kappa shape index (κ1) is 17.2. The Morgan fingerprint density at radius 3 is 2.27 bits per heavy atom. The molecule has 0 saturated carbocycles. The van der Waals surface area contributed by atoms with Gasteiger partial charge in [-0.3, -0.25) is 0 Å². The molecule has 0 aliphatic carbocycles. The van der Waals surface area contributed by atoms with Gasteiger partial charge in [0, 0.05) is 19.5 Å². The zero-order chi connectivity index (χ0) is 11.2. The molecule has 0 aromatic heterocycles. The molecular weight excluding hydrogens is 273 g/mol. The van der Waals surface area contributed by atoms with E-state index in [1.165, 1.54) is 5.57 Å². The van der Waals surface area contributed by atoms with Gasteiger partial charge in [0.05, 0.1) is 0 Å². The van der Waals surface area contributed by atoms with E-state index in [1.807, 2.05) is 20.0 Å². The molecule has 0 atom stereocenters. The van der Waals surface area contributed by atoms with Crippen LogP contribution < -0.4 is 0 Å². The van der Waals surface area contributed by atoms with Crippen LogP contribution in [0.1, 0.15) is 41.5 Å². The van der Waals surface area contributed by atoms with Gasteiger partial charge in [0.15, 0.2) is 0 Å². The summed E-state index contributed by atoms with van der Waals surface area (Å²) in [6.07, 6.45) is 9.18. The molecule has 1 nitrogen and oxygen atoms in total.